The number of fused-ring (bicyclic) bond motifs is 9. The SMILES string of the molecule is [C-]#[N+]C(C#N)=Nc1ccc(-c2cc3c(s2)-c2sc4c5c(sc4c2C(C)(C)O3)-c2sc(-c3ccc(N=C(C#N)[N+]#[C-])s3)cc2OC5(C)C)s1. The number of amidine groups is 2. The molecule has 0 radical (unpaired) electrons. The lowest BCUT2D eigenvalue weighted by molar-refractivity contribution is 0.108. The molecule has 232 valence electrons. The molecule has 2 aliphatic heterocycles. The van der Waals surface area contributed by atoms with Gasteiger partial charge in [0.2, 0.25) is 10.0 Å². The molecule has 0 aromatic carbocycles. The summed E-state index contributed by atoms with van der Waals surface area (Å²) < 4.78 is 15.9. The van der Waals surface area contributed by atoms with Crippen molar-refractivity contribution in [3.63, 3.8) is 0 Å². The highest BCUT2D eigenvalue weighted by molar-refractivity contribution is 7.35. The quantitative estimate of drug-likeness (QED) is 0.102. The molecule has 2 aliphatic rings. The van der Waals surface area contributed by atoms with E-state index in [1.54, 1.807) is 45.3 Å². The number of hydrogen-bond acceptors (Lipinski definition) is 12. The Labute approximate surface area is 299 Å². The van der Waals surface area contributed by atoms with Gasteiger partial charge < -0.3 is 19.2 Å². The fraction of sp³-hybridized carbons (Fsp3) is 0.176. The second kappa shape index (κ2) is 10.9. The van der Waals surface area contributed by atoms with E-state index in [4.69, 9.17) is 33.1 Å². The number of aliphatic imine (C=N–C) groups is 2. The first-order valence-corrected chi connectivity index (χ1v) is 19.1. The summed E-state index contributed by atoms with van der Waals surface area (Å²) in [7, 11) is 0. The van der Waals surface area contributed by atoms with Gasteiger partial charge in [-0.05, 0) is 52.0 Å². The van der Waals surface area contributed by atoms with Crippen molar-refractivity contribution < 1.29 is 9.47 Å². The summed E-state index contributed by atoms with van der Waals surface area (Å²) in [5.74, 6) is 1.35. The number of rotatable bonds is 4. The monoisotopic (exact) mass is 734 g/mol. The lowest BCUT2D eigenvalue weighted by Gasteiger charge is -2.31. The zero-order valence-electron chi connectivity index (χ0n) is 25.4. The van der Waals surface area contributed by atoms with Crippen LogP contribution in [0, 0.1) is 35.8 Å². The third-order valence-corrected chi connectivity index (χ3v) is 15.2. The summed E-state index contributed by atoms with van der Waals surface area (Å²) >= 11 is 9.87. The number of hydrogen-bond donors (Lipinski definition) is 0. The molecule has 0 saturated carbocycles. The van der Waals surface area contributed by atoms with Crippen molar-refractivity contribution in [3.05, 3.63) is 70.4 Å². The number of ether oxygens (including phenoxy) is 2. The molecule has 0 unspecified atom stereocenters. The molecule has 8 nitrogen and oxygen atoms in total. The fourth-order valence-corrected chi connectivity index (χ4v) is 13.7. The van der Waals surface area contributed by atoms with Crippen LogP contribution in [0.2, 0.25) is 0 Å². The molecule has 0 bridgehead atoms. The van der Waals surface area contributed by atoms with Crippen molar-refractivity contribution >= 4 is 99.1 Å². The van der Waals surface area contributed by atoms with Gasteiger partial charge in [-0.25, -0.2) is 10.5 Å². The molecule has 6 aromatic heterocycles. The normalized spacial score (nSPS) is 15.5. The fourth-order valence-electron chi connectivity index (χ4n) is 5.86. The minimum absolute atomic E-state index is 0.179. The van der Waals surface area contributed by atoms with Crippen LogP contribution < -0.4 is 9.47 Å². The van der Waals surface area contributed by atoms with Crippen molar-refractivity contribution in [3.8, 4) is 62.7 Å². The molecule has 8 rings (SSSR count). The second-order valence-corrected chi connectivity index (χ2v) is 18.0. The van der Waals surface area contributed by atoms with Gasteiger partial charge in [0.05, 0.1) is 28.9 Å². The van der Waals surface area contributed by atoms with E-state index in [2.05, 4.69) is 59.5 Å². The Morgan fingerprint density at radius 2 is 1.04 bits per heavy atom. The molecule has 6 aromatic rings. The summed E-state index contributed by atoms with van der Waals surface area (Å²) in [5, 5.41) is 19.5. The zero-order chi connectivity index (χ0) is 33.5. The lowest BCUT2D eigenvalue weighted by Crippen LogP contribution is -2.27. The molecule has 0 N–H and O–H groups in total. The van der Waals surface area contributed by atoms with Gasteiger partial charge in [0.1, 0.15) is 34.8 Å². The van der Waals surface area contributed by atoms with Crippen molar-refractivity contribution in [2.45, 2.75) is 38.9 Å². The Morgan fingerprint density at radius 1 is 0.625 bits per heavy atom. The first kappa shape index (κ1) is 30.7. The van der Waals surface area contributed by atoms with Crippen molar-refractivity contribution in [1.29, 1.82) is 10.5 Å². The average molecular weight is 735 g/mol. The molecule has 0 fully saturated rings. The van der Waals surface area contributed by atoms with E-state index in [9.17, 15) is 0 Å². The van der Waals surface area contributed by atoms with Crippen LogP contribution in [0.25, 0.3) is 58.1 Å². The van der Waals surface area contributed by atoms with Gasteiger partial charge in [-0.3, -0.25) is 0 Å². The van der Waals surface area contributed by atoms with Crippen molar-refractivity contribution in [1.82, 2.24) is 0 Å². The molecule has 0 aliphatic carbocycles. The molecule has 0 spiro atoms. The average Bonchev–Trinajstić information content (AvgIpc) is 3.88. The highest BCUT2D eigenvalue weighted by Crippen LogP contribution is 2.63. The highest BCUT2D eigenvalue weighted by Gasteiger charge is 2.44. The summed E-state index contributed by atoms with van der Waals surface area (Å²) in [6, 6.07) is 15.5. The van der Waals surface area contributed by atoms with Crippen molar-refractivity contribution in [2.24, 2.45) is 9.98 Å². The van der Waals surface area contributed by atoms with Gasteiger partial charge in [0.25, 0.3) is 0 Å². The highest BCUT2D eigenvalue weighted by atomic mass is 32.1. The van der Waals surface area contributed by atoms with E-state index in [0.717, 1.165) is 40.8 Å². The topological polar surface area (TPSA) is 99.5 Å². The molecular weight excluding hydrogens is 717 g/mol. The predicted octanol–water partition coefficient (Wildman–Crippen LogP) is 12.1. The minimum atomic E-state index is -0.565. The predicted molar refractivity (Wildman–Crippen MR) is 199 cm³/mol. The summed E-state index contributed by atoms with van der Waals surface area (Å²) in [5.41, 5.74) is 1.26. The van der Waals surface area contributed by atoms with E-state index >= 15 is 0 Å². The van der Waals surface area contributed by atoms with E-state index in [0.29, 0.717) is 10.0 Å². The minimum Gasteiger partial charge on any atom is -0.481 e. The summed E-state index contributed by atoms with van der Waals surface area (Å²) in [4.78, 5) is 23.4. The van der Waals surface area contributed by atoms with Gasteiger partial charge in [-0.15, -0.1) is 45.3 Å². The van der Waals surface area contributed by atoms with Gasteiger partial charge in [0.15, 0.2) is 0 Å². The van der Waals surface area contributed by atoms with E-state index in [1.807, 2.05) is 36.4 Å². The third-order valence-electron chi connectivity index (χ3n) is 7.78. The largest absolute Gasteiger partial charge is 0.481 e. The number of thiophene rings is 6. The Morgan fingerprint density at radius 3 is 1.42 bits per heavy atom. The van der Waals surface area contributed by atoms with Gasteiger partial charge >= 0.3 is 11.7 Å². The maximum atomic E-state index is 9.12. The van der Waals surface area contributed by atoms with Gasteiger partial charge in [-0.2, -0.15) is 0 Å². The third kappa shape index (κ3) is 4.73. The van der Waals surface area contributed by atoms with Crippen LogP contribution in [0.15, 0.2) is 46.4 Å². The Bertz CT molecular complexity index is 2380. The summed E-state index contributed by atoms with van der Waals surface area (Å²) in [6.07, 6.45) is 0. The molecular formula is C34H18N6O2S6. The Balaban J connectivity index is 1.22. The van der Waals surface area contributed by atoms with Crippen LogP contribution in [0.5, 0.6) is 11.5 Å². The van der Waals surface area contributed by atoms with Crippen LogP contribution in [0.1, 0.15) is 38.8 Å². The maximum Gasteiger partial charge on any atom is 0.350 e. The Hall–Kier alpha value is -4.64. The van der Waals surface area contributed by atoms with Crippen LogP contribution in [0.4, 0.5) is 10.0 Å². The van der Waals surface area contributed by atoms with Crippen LogP contribution in [-0.4, -0.2) is 11.7 Å². The lowest BCUT2D eigenvalue weighted by atomic mass is 9.92. The maximum absolute atomic E-state index is 9.12. The van der Waals surface area contributed by atoms with Crippen LogP contribution >= 0.6 is 68.0 Å². The second-order valence-electron chi connectivity index (χ2n) is 11.7. The number of nitriles is 2. The van der Waals surface area contributed by atoms with Gasteiger partial charge in [-0.1, -0.05) is 45.8 Å². The zero-order valence-corrected chi connectivity index (χ0v) is 30.3. The molecule has 0 saturated heterocycles. The smallest absolute Gasteiger partial charge is 0.350 e. The molecule has 0 atom stereocenters. The Kier molecular flexibility index (Phi) is 7.00. The summed E-state index contributed by atoms with van der Waals surface area (Å²) in [6.45, 7) is 22.8. The van der Waals surface area contributed by atoms with Crippen molar-refractivity contribution in [2.75, 3.05) is 0 Å². The van der Waals surface area contributed by atoms with E-state index < -0.39 is 11.2 Å². The number of nitrogens with zero attached hydrogens (tertiary/aromatic N) is 6. The molecule has 8 heterocycles. The van der Waals surface area contributed by atoms with Crippen LogP contribution in [0.3, 0.4) is 0 Å². The first-order chi connectivity index (χ1) is 23.0. The molecule has 48 heavy (non-hydrogen) atoms. The first-order valence-electron chi connectivity index (χ1n) is 14.2. The molecule has 14 heteroatoms. The van der Waals surface area contributed by atoms with Gasteiger partial charge in [0, 0.05) is 42.8 Å². The van der Waals surface area contributed by atoms with E-state index in [-0.39, 0.29) is 11.7 Å². The van der Waals surface area contributed by atoms with Crippen LogP contribution in [-0.2, 0) is 11.2 Å². The molecule has 0 amide bonds. The standard InChI is InChI=1S/C34H18N6O2S6/c1-33(2)25-29(27-15(41-33)11-19(45-27)17-7-9-23(43-17)39-21(13-35)37-5)47-32-26-30(48-31(25)32)28-16(42-34(26,3)4)12-20(46-28)18-8-10-24(44-18)40-22(14-36)38-6/h7-12H,1-4H3. The van der Waals surface area contributed by atoms with E-state index in [1.165, 1.54) is 53.0 Å².